The van der Waals surface area contributed by atoms with Crippen LogP contribution in [0.2, 0.25) is 0 Å². The zero-order chi connectivity index (χ0) is 12.3. The van der Waals surface area contributed by atoms with Crippen molar-refractivity contribution in [2.75, 3.05) is 18.6 Å². The molecule has 2 unspecified atom stereocenters. The molecule has 1 aromatic heterocycles. The van der Waals surface area contributed by atoms with E-state index in [-0.39, 0.29) is 18.1 Å². The molecule has 2 heterocycles. The molecule has 0 spiro atoms. The normalized spacial score (nSPS) is 24.6. The smallest absolute Gasteiger partial charge is 0.241 e. The lowest BCUT2D eigenvalue weighted by atomic mass is 10.2. The number of thiophene rings is 1. The first-order chi connectivity index (χ1) is 8.24. The summed E-state index contributed by atoms with van der Waals surface area (Å²) in [4.78, 5) is 14.0. The molecule has 5 heteroatoms. The van der Waals surface area contributed by atoms with E-state index in [0.717, 1.165) is 18.7 Å². The minimum absolute atomic E-state index is 0.0609. The Hall–Kier alpha value is -0.520. The van der Waals surface area contributed by atoms with E-state index in [4.69, 9.17) is 0 Å². The quantitative estimate of drug-likeness (QED) is 0.833. The van der Waals surface area contributed by atoms with Gasteiger partial charge < -0.3 is 4.90 Å². The first-order valence-electron chi connectivity index (χ1n) is 5.81. The molecule has 17 heavy (non-hydrogen) atoms. The number of carbonyl (C=O) groups is 1. The molecule has 0 saturated carbocycles. The number of carbonyl (C=O) groups excluding carboxylic acids is 1. The van der Waals surface area contributed by atoms with Crippen LogP contribution in [0.25, 0.3) is 0 Å². The Balaban J connectivity index is 2.05. The predicted molar refractivity (Wildman–Crippen MR) is 74.4 cm³/mol. The van der Waals surface area contributed by atoms with Crippen LogP contribution in [0.3, 0.4) is 0 Å². The molecule has 1 saturated heterocycles. The number of nitrogens with one attached hydrogen (secondary N) is 1. The summed E-state index contributed by atoms with van der Waals surface area (Å²) in [6.45, 7) is 2.79. The van der Waals surface area contributed by atoms with Gasteiger partial charge in [0.05, 0.1) is 6.04 Å². The van der Waals surface area contributed by atoms with Crippen LogP contribution in [0.15, 0.2) is 16.8 Å². The molecule has 1 aliphatic rings. The second-order valence-corrected chi connectivity index (χ2v) is 5.99. The minimum Gasteiger partial charge on any atom is -0.322 e. The van der Waals surface area contributed by atoms with Crippen LogP contribution in [-0.2, 0) is 4.79 Å². The summed E-state index contributed by atoms with van der Waals surface area (Å²) in [6.07, 6.45) is 3.23. The van der Waals surface area contributed by atoms with E-state index in [1.807, 2.05) is 23.6 Å². The largest absolute Gasteiger partial charge is 0.322 e. The number of nitrogens with zero attached hydrogens (tertiary/aromatic N) is 1. The van der Waals surface area contributed by atoms with Crippen LogP contribution < -0.4 is 5.32 Å². The van der Waals surface area contributed by atoms with E-state index in [1.165, 1.54) is 5.56 Å². The molecule has 1 aromatic rings. The molecule has 0 bridgehead atoms. The Labute approximate surface area is 111 Å². The van der Waals surface area contributed by atoms with Gasteiger partial charge in [0.15, 0.2) is 0 Å². The van der Waals surface area contributed by atoms with Gasteiger partial charge in [0.2, 0.25) is 5.91 Å². The Morgan fingerprint density at radius 2 is 2.41 bits per heavy atom. The molecular formula is C12H18N2OS2. The van der Waals surface area contributed by atoms with Gasteiger partial charge in [-0.25, -0.2) is 0 Å². The van der Waals surface area contributed by atoms with Gasteiger partial charge in [0.1, 0.15) is 6.17 Å². The van der Waals surface area contributed by atoms with E-state index >= 15 is 0 Å². The van der Waals surface area contributed by atoms with Crippen LogP contribution >= 0.6 is 23.1 Å². The monoisotopic (exact) mass is 270 g/mol. The molecule has 1 amide bonds. The van der Waals surface area contributed by atoms with Crippen molar-refractivity contribution in [3.63, 3.8) is 0 Å². The molecule has 1 fully saturated rings. The molecule has 2 atom stereocenters. The zero-order valence-corrected chi connectivity index (χ0v) is 11.8. The number of hydrogen-bond donors (Lipinski definition) is 1. The number of hydrogen-bond acceptors (Lipinski definition) is 4. The van der Waals surface area contributed by atoms with Gasteiger partial charge in [0, 0.05) is 6.54 Å². The highest BCUT2D eigenvalue weighted by Crippen LogP contribution is 2.27. The first kappa shape index (κ1) is 12.9. The molecule has 2 rings (SSSR count). The molecule has 1 N–H and O–H groups in total. The fourth-order valence-corrected chi connectivity index (χ4v) is 3.20. The third-order valence-corrected chi connectivity index (χ3v) is 4.38. The first-order valence-corrected chi connectivity index (χ1v) is 8.15. The van der Waals surface area contributed by atoms with Crippen molar-refractivity contribution in [1.82, 2.24) is 10.2 Å². The van der Waals surface area contributed by atoms with E-state index < -0.39 is 0 Å². The number of thioether (sulfide) groups is 1. The van der Waals surface area contributed by atoms with Crippen LogP contribution in [0.5, 0.6) is 0 Å². The van der Waals surface area contributed by atoms with Gasteiger partial charge in [-0.05, 0) is 47.7 Å². The van der Waals surface area contributed by atoms with Gasteiger partial charge in [-0.2, -0.15) is 23.1 Å². The average Bonchev–Trinajstić information content (AvgIpc) is 2.92. The Kier molecular flexibility index (Phi) is 4.48. The Morgan fingerprint density at radius 3 is 3.06 bits per heavy atom. The third kappa shape index (κ3) is 2.84. The van der Waals surface area contributed by atoms with Gasteiger partial charge in [-0.15, -0.1) is 0 Å². The maximum Gasteiger partial charge on any atom is 0.241 e. The molecule has 3 nitrogen and oxygen atoms in total. The van der Waals surface area contributed by atoms with Gasteiger partial charge in [-0.3, -0.25) is 10.1 Å². The maximum atomic E-state index is 12.1. The van der Waals surface area contributed by atoms with Crippen molar-refractivity contribution in [2.45, 2.75) is 25.6 Å². The summed E-state index contributed by atoms with van der Waals surface area (Å²) in [7, 11) is 0. The fraction of sp³-hybridized carbons (Fsp3) is 0.583. The standard InChI is InChI=1S/C12H18N2OS2/c1-9-12(15)14(5-3-6-16-2)11(13-9)10-4-7-17-8-10/h4,7-9,11,13H,3,5-6H2,1-2H3. The second kappa shape index (κ2) is 5.89. The van der Waals surface area contributed by atoms with Crippen molar-refractivity contribution >= 4 is 29.0 Å². The lowest BCUT2D eigenvalue weighted by Crippen LogP contribution is -2.31. The summed E-state index contributed by atoms with van der Waals surface area (Å²) in [5, 5.41) is 7.53. The van der Waals surface area contributed by atoms with Gasteiger partial charge in [0.25, 0.3) is 0 Å². The fourth-order valence-electron chi connectivity index (χ4n) is 2.10. The predicted octanol–water partition coefficient (Wildman–Crippen LogP) is 2.32. The van der Waals surface area contributed by atoms with Crippen LogP contribution in [0.4, 0.5) is 0 Å². The maximum absolute atomic E-state index is 12.1. The molecule has 0 aromatic carbocycles. The molecule has 0 aliphatic carbocycles. The van der Waals surface area contributed by atoms with Crippen LogP contribution in [0.1, 0.15) is 25.1 Å². The van der Waals surface area contributed by atoms with Crippen molar-refractivity contribution in [3.05, 3.63) is 22.4 Å². The number of amides is 1. The molecule has 94 valence electrons. The van der Waals surface area contributed by atoms with Crippen molar-refractivity contribution < 1.29 is 4.79 Å². The minimum atomic E-state index is -0.0609. The van der Waals surface area contributed by atoms with Crippen molar-refractivity contribution in [2.24, 2.45) is 0 Å². The van der Waals surface area contributed by atoms with E-state index in [2.05, 4.69) is 28.4 Å². The summed E-state index contributed by atoms with van der Waals surface area (Å²) in [5.41, 5.74) is 1.21. The highest BCUT2D eigenvalue weighted by Gasteiger charge is 2.36. The summed E-state index contributed by atoms with van der Waals surface area (Å²) in [5.74, 6) is 1.33. The SMILES string of the molecule is CSCCCN1C(=O)C(C)NC1c1ccsc1. The number of rotatable bonds is 5. The summed E-state index contributed by atoms with van der Waals surface area (Å²) >= 11 is 3.51. The topological polar surface area (TPSA) is 32.3 Å². The van der Waals surface area contributed by atoms with Crippen LogP contribution in [-0.4, -0.2) is 35.4 Å². The average molecular weight is 270 g/mol. The van der Waals surface area contributed by atoms with E-state index in [0.29, 0.717) is 0 Å². The Bertz CT molecular complexity index is 367. The zero-order valence-electron chi connectivity index (χ0n) is 10.2. The summed E-state index contributed by atoms with van der Waals surface area (Å²) < 4.78 is 0. The lowest BCUT2D eigenvalue weighted by molar-refractivity contribution is -0.129. The van der Waals surface area contributed by atoms with Gasteiger partial charge in [-0.1, -0.05) is 0 Å². The highest BCUT2D eigenvalue weighted by atomic mass is 32.2. The molecule has 1 aliphatic heterocycles. The Morgan fingerprint density at radius 1 is 1.59 bits per heavy atom. The third-order valence-electron chi connectivity index (χ3n) is 2.98. The molecule has 0 radical (unpaired) electrons. The van der Waals surface area contributed by atoms with Crippen LogP contribution in [0, 0.1) is 0 Å². The lowest BCUT2D eigenvalue weighted by Gasteiger charge is -2.23. The van der Waals surface area contributed by atoms with Gasteiger partial charge >= 0.3 is 0 Å². The molecular weight excluding hydrogens is 252 g/mol. The summed E-state index contributed by atoms with van der Waals surface area (Å²) in [6, 6.07) is 2.03. The van der Waals surface area contributed by atoms with E-state index in [9.17, 15) is 4.79 Å². The van der Waals surface area contributed by atoms with E-state index in [1.54, 1.807) is 11.3 Å². The van der Waals surface area contributed by atoms with Crippen molar-refractivity contribution in [1.29, 1.82) is 0 Å². The van der Waals surface area contributed by atoms with Crippen molar-refractivity contribution in [3.8, 4) is 0 Å². The second-order valence-electron chi connectivity index (χ2n) is 4.23. The highest BCUT2D eigenvalue weighted by molar-refractivity contribution is 7.98.